The predicted octanol–water partition coefficient (Wildman–Crippen LogP) is 4.10. The van der Waals surface area contributed by atoms with Crippen molar-refractivity contribution < 1.29 is 14.3 Å². The van der Waals surface area contributed by atoms with Crippen molar-refractivity contribution in [1.82, 2.24) is 0 Å². The van der Waals surface area contributed by atoms with Crippen LogP contribution in [0.15, 0.2) is 48.5 Å². The van der Waals surface area contributed by atoms with Crippen molar-refractivity contribution in [2.24, 2.45) is 5.92 Å². The fraction of sp³-hybridized carbons (Fsp3) is 0.364. The van der Waals surface area contributed by atoms with Crippen molar-refractivity contribution in [3.05, 3.63) is 65.2 Å². The minimum Gasteiger partial charge on any atom is -0.466 e. The van der Waals surface area contributed by atoms with E-state index in [2.05, 4.69) is 17.4 Å². The Morgan fingerprint density at radius 1 is 1.19 bits per heavy atom. The normalized spacial score (nSPS) is 23.2. The van der Waals surface area contributed by atoms with Crippen LogP contribution in [0.1, 0.15) is 47.7 Å². The van der Waals surface area contributed by atoms with Gasteiger partial charge in [0.15, 0.2) is 0 Å². The molecule has 2 unspecified atom stereocenters. The van der Waals surface area contributed by atoms with Gasteiger partial charge in [0.2, 0.25) is 0 Å². The van der Waals surface area contributed by atoms with Gasteiger partial charge in [-0.2, -0.15) is 0 Å². The Hall–Kier alpha value is -2.62. The minimum atomic E-state index is -0.117. The Bertz CT molecular complexity index is 846. The van der Waals surface area contributed by atoms with Crippen molar-refractivity contribution in [3.63, 3.8) is 0 Å². The standard InChI is InChI=1S/C22H23NO3/c1-2-26-21(25)19-14-22(19)12-6-9-15-10-11-17(13-18(15)22)23-20(24)16-7-4-3-5-8-16/h3-5,7-8,10-11,13,19H,2,6,9,12,14H2,1H3,(H,23,24). The number of carbonyl (C=O) groups excluding carboxylic acids is 2. The third kappa shape index (κ3) is 2.90. The summed E-state index contributed by atoms with van der Waals surface area (Å²) in [5.74, 6) is -0.242. The van der Waals surface area contributed by atoms with Crippen LogP contribution in [0.3, 0.4) is 0 Å². The smallest absolute Gasteiger partial charge is 0.309 e. The molecule has 1 fully saturated rings. The molecule has 134 valence electrons. The van der Waals surface area contributed by atoms with E-state index in [4.69, 9.17) is 4.74 Å². The monoisotopic (exact) mass is 349 g/mol. The second-order valence-electron chi connectivity index (χ2n) is 7.21. The average molecular weight is 349 g/mol. The van der Waals surface area contributed by atoms with Gasteiger partial charge in [0.25, 0.3) is 5.91 Å². The number of nitrogens with one attached hydrogen (secondary N) is 1. The van der Waals surface area contributed by atoms with Crippen LogP contribution in [0.2, 0.25) is 0 Å². The zero-order valence-corrected chi connectivity index (χ0v) is 15.0. The van der Waals surface area contributed by atoms with Crippen LogP contribution in [0.4, 0.5) is 5.69 Å². The molecular weight excluding hydrogens is 326 g/mol. The highest BCUT2D eigenvalue weighted by atomic mass is 16.5. The van der Waals surface area contributed by atoms with Crippen LogP contribution in [-0.4, -0.2) is 18.5 Å². The predicted molar refractivity (Wildman–Crippen MR) is 100 cm³/mol. The molecule has 4 rings (SSSR count). The number of esters is 1. The number of ether oxygens (including phenoxy) is 1. The van der Waals surface area contributed by atoms with Gasteiger partial charge in [0.05, 0.1) is 12.5 Å². The van der Waals surface area contributed by atoms with Gasteiger partial charge in [-0.15, -0.1) is 0 Å². The highest BCUT2D eigenvalue weighted by Crippen LogP contribution is 2.61. The first kappa shape index (κ1) is 16.8. The first-order valence-electron chi connectivity index (χ1n) is 9.30. The van der Waals surface area contributed by atoms with E-state index in [-0.39, 0.29) is 23.2 Å². The number of hydrogen-bond donors (Lipinski definition) is 1. The topological polar surface area (TPSA) is 55.4 Å². The Labute approximate surface area is 153 Å². The number of aryl methyl sites for hydroxylation is 1. The van der Waals surface area contributed by atoms with Gasteiger partial charge in [0, 0.05) is 16.7 Å². The van der Waals surface area contributed by atoms with Crippen LogP contribution >= 0.6 is 0 Å². The minimum absolute atomic E-state index is 0.0402. The molecule has 2 atom stereocenters. The Morgan fingerprint density at radius 2 is 2.00 bits per heavy atom. The zero-order valence-electron chi connectivity index (χ0n) is 15.0. The molecule has 4 nitrogen and oxygen atoms in total. The SMILES string of the molecule is CCOC(=O)C1CC12CCCc1ccc(NC(=O)c3ccccc3)cc12. The Balaban J connectivity index is 1.59. The number of benzene rings is 2. The molecule has 0 radical (unpaired) electrons. The molecular formula is C22H23NO3. The summed E-state index contributed by atoms with van der Waals surface area (Å²) in [7, 11) is 0. The van der Waals surface area contributed by atoms with E-state index in [9.17, 15) is 9.59 Å². The molecule has 0 heterocycles. The molecule has 1 spiro atoms. The summed E-state index contributed by atoms with van der Waals surface area (Å²) in [6.07, 6.45) is 3.99. The van der Waals surface area contributed by atoms with Gasteiger partial charge in [-0.1, -0.05) is 24.3 Å². The zero-order chi connectivity index (χ0) is 18.1. The van der Waals surface area contributed by atoms with E-state index in [0.717, 1.165) is 31.4 Å². The molecule has 0 aromatic heterocycles. The third-order valence-electron chi connectivity index (χ3n) is 5.66. The van der Waals surface area contributed by atoms with Crippen LogP contribution < -0.4 is 5.32 Å². The maximum absolute atomic E-state index is 12.4. The van der Waals surface area contributed by atoms with Gasteiger partial charge in [-0.25, -0.2) is 0 Å². The lowest BCUT2D eigenvalue weighted by Crippen LogP contribution is -2.23. The second-order valence-corrected chi connectivity index (χ2v) is 7.21. The molecule has 0 saturated heterocycles. The van der Waals surface area contributed by atoms with E-state index in [1.807, 2.05) is 31.2 Å². The van der Waals surface area contributed by atoms with E-state index in [1.165, 1.54) is 11.1 Å². The molecule has 0 bridgehead atoms. The molecule has 1 N–H and O–H groups in total. The summed E-state index contributed by atoms with van der Waals surface area (Å²) in [4.78, 5) is 24.7. The van der Waals surface area contributed by atoms with Crippen LogP contribution in [0.25, 0.3) is 0 Å². The second kappa shape index (κ2) is 6.60. The van der Waals surface area contributed by atoms with Gasteiger partial charge in [-0.05, 0) is 68.0 Å². The number of carbonyl (C=O) groups is 2. The summed E-state index contributed by atoms with van der Waals surface area (Å²) in [6, 6.07) is 15.3. The van der Waals surface area contributed by atoms with Crippen molar-refractivity contribution in [1.29, 1.82) is 0 Å². The molecule has 26 heavy (non-hydrogen) atoms. The quantitative estimate of drug-likeness (QED) is 0.846. The Morgan fingerprint density at radius 3 is 2.77 bits per heavy atom. The van der Waals surface area contributed by atoms with Gasteiger partial charge in [0.1, 0.15) is 0 Å². The lowest BCUT2D eigenvalue weighted by molar-refractivity contribution is -0.145. The van der Waals surface area contributed by atoms with E-state index >= 15 is 0 Å². The third-order valence-corrected chi connectivity index (χ3v) is 5.66. The number of anilines is 1. The summed E-state index contributed by atoms with van der Waals surface area (Å²) in [5, 5.41) is 2.99. The maximum atomic E-state index is 12.4. The largest absolute Gasteiger partial charge is 0.466 e. The molecule has 2 aromatic rings. The molecule has 2 aliphatic rings. The summed E-state index contributed by atoms with van der Waals surface area (Å²) in [6.45, 7) is 2.27. The fourth-order valence-corrected chi connectivity index (χ4v) is 4.29. The van der Waals surface area contributed by atoms with Gasteiger partial charge in [-0.3, -0.25) is 9.59 Å². The number of rotatable bonds is 4. The molecule has 1 amide bonds. The summed E-state index contributed by atoms with van der Waals surface area (Å²) in [5.41, 5.74) is 3.84. The summed E-state index contributed by atoms with van der Waals surface area (Å²) >= 11 is 0. The van der Waals surface area contributed by atoms with Gasteiger partial charge < -0.3 is 10.1 Å². The highest BCUT2D eigenvalue weighted by molar-refractivity contribution is 6.04. The number of fused-ring (bicyclic) bond motifs is 2. The van der Waals surface area contributed by atoms with E-state index in [0.29, 0.717) is 12.2 Å². The van der Waals surface area contributed by atoms with Crippen LogP contribution in [-0.2, 0) is 21.4 Å². The summed E-state index contributed by atoms with van der Waals surface area (Å²) < 4.78 is 5.25. The maximum Gasteiger partial charge on any atom is 0.309 e. The van der Waals surface area contributed by atoms with Crippen molar-refractivity contribution >= 4 is 17.6 Å². The van der Waals surface area contributed by atoms with Crippen molar-refractivity contribution in [2.75, 3.05) is 11.9 Å². The first-order chi connectivity index (χ1) is 12.6. The Kier molecular flexibility index (Phi) is 4.27. The molecule has 0 aliphatic heterocycles. The van der Waals surface area contributed by atoms with Crippen LogP contribution in [0, 0.1) is 5.92 Å². The number of hydrogen-bond acceptors (Lipinski definition) is 3. The lowest BCUT2D eigenvalue weighted by atomic mass is 9.78. The molecule has 2 aromatic carbocycles. The average Bonchev–Trinajstić information content (AvgIpc) is 3.38. The number of amides is 1. The van der Waals surface area contributed by atoms with E-state index in [1.54, 1.807) is 12.1 Å². The molecule has 2 aliphatic carbocycles. The van der Waals surface area contributed by atoms with Crippen LogP contribution in [0.5, 0.6) is 0 Å². The first-order valence-corrected chi connectivity index (χ1v) is 9.30. The van der Waals surface area contributed by atoms with Crippen molar-refractivity contribution in [2.45, 2.75) is 38.0 Å². The molecule has 4 heteroatoms. The molecule has 1 saturated carbocycles. The fourth-order valence-electron chi connectivity index (χ4n) is 4.29. The van der Waals surface area contributed by atoms with Gasteiger partial charge >= 0.3 is 5.97 Å². The highest BCUT2D eigenvalue weighted by Gasteiger charge is 2.61. The van der Waals surface area contributed by atoms with E-state index < -0.39 is 0 Å². The lowest BCUT2D eigenvalue weighted by Gasteiger charge is -2.27. The van der Waals surface area contributed by atoms with Crippen molar-refractivity contribution in [3.8, 4) is 0 Å².